The summed E-state index contributed by atoms with van der Waals surface area (Å²) >= 11 is 2.61. The maximum Gasteiger partial charge on any atom is 0.269 e. The van der Waals surface area contributed by atoms with E-state index in [1.54, 1.807) is 24.3 Å². The summed E-state index contributed by atoms with van der Waals surface area (Å²) in [6.45, 7) is 0. The van der Waals surface area contributed by atoms with Crippen LogP contribution in [0, 0.1) is 20.2 Å². The molecule has 1 fully saturated rings. The number of nitrogens with zero attached hydrogens (tertiary/aromatic N) is 6. The molecule has 216 valence electrons. The number of nitro benzene ring substituents is 2. The molecule has 1 aliphatic carbocycles. The summed E-state index contributed by atoms with van der Waals surface area (Å²) in [5, 5.41) is 46.6. The van der Waals surface area contributed by atoms with Crippen LogP contribution in [0.3, 0.4) is 0 Å². The van der Waals surface area contributed by atoms with Gasteiger partial charge in [-0.15, -0.1) is 20.4 Å². The molecule has 0 unspecified atom stereocenters. The van der Waals surface area contributed by atoms with Crippen LogP contribution in [0.2, 0.25) is 0 Å². The predicted octanol–water partition coefficient (Wildman–Crippen LogP) is 5.01. The first-order valence-corrected chi connectivity index (χ1v) is 14.6. The first-order chi connectivity index (χ1) is 20.2. The van der Waals surface area contributed by atoms with Gasteiger partial charge in [0.2, 0.25) is 22.1 Å². The highest BCUT2D eigenvalue weighted by Crippen LogP contribution is 2.43. The number of anilines is 2. The topological polar surface area (TPSA) is 196 Å². The van der Waals surface area contributed by atoms with Crippen molar-refractivity contribution in [1.29, 1.82) is 0 Å². The lowest BCUT2D eigenvalue weighted by Gasteiger charge is -2.25. The second-order valence-corrected chi connectivity index (χ2v) is 11.8. The van der Waals surface area contributed by atoms with Crippen LogP contribution < -0.4 is 10.6 Å². The number of carbonyl (C=O) groups excluding carboxylic acids is 2. The summed E-state index contributed by atoms with van der Waals surface area (Å²) in [7, 11) is 0. The van der Waals surface area contributed by atoms with Gasteiger partial charge in [0.05, 0.1) is 22.7 Å². The fourth-order valence-corrected chi connectivity index (χ4v) is 6.61. The fourth-order valence-electron chi connectivity index (χ4n) is 4.80. The molecule has 5 rings (SSSR count). The molecule has 0 saturated heterocycles. The van der Waals surface area contributed by atoms with Crippen molar-refractivity contribution in [3.05, 3.63) is 89.9 Å². The van der Waals surface area contributed by atoms with E-state index >= 15 is 0 Å². The Morgan fingerprint density at radius 2 is 1.21 bits per heavy atom. The molecule has 2 heterocycles. The van der Waals surface area contributed by atoms with Crippen molar-refractivity contribution in [3.63, 3.8) is 0 Å². The Morgan fingerprint density at radius 3 is 1.64 bits per heavy atom. The van der Waals surface area contributed by atoms with Crippen LogP contribution in [0.4, 0.5) is 21.6 Å². The minimum absolute atomic E-state index is 0.0245. The van der Waals surface area contributed by atoms with Crippen molar-refractivity contribution in [2.75, 3.05) is 10.6 Å². The van der Waals surface area contributed by atoms with Crippen LogP contribution in [0.15, 0.2) is 48.5 Å². The molecule has 14 nitrogen and oxygen atoms in total. The number of rotatable bonds is 10. The molecule has 2 amide bonds. The average Bonchev–Trinajstić information content (AvgIpc) is 3.63. The summed E-state index contributed by atoms with van der Waals surface area (Å²) < 4.78 is 0. The first kappa shape index (κ1) is 28.8. The van der Waals surface area contributed by atoms with E-state index in [-0.39, 0.29) is 47.9 Å². The summed E-state index contributed by atoms with van der Waals surface area (Å²) in [4.78, 5) is 45.9. The zero-order chi connectivity index (χ0) is 29.6. The van der Waals surface area contributed by atoms with Gasteiger partial charge < -0.3 is 10.6 Å². The number of carbonyl (C=O) groups is 2. The van der Waals surface area contributed by atoms with Crippen molar-refractivity contribution in [2.45, 2.75) is 50.4 Å². The van der Waals surface area contributed by atoms with Gasteiger partial charge in [0.25, 0.3) is 11.4 Å². The van der Waals surface area contributed by atoms with E-state index in [4.69, 9.17) is 0 Å². The number of hydrogen-bond donors (Lipinski definition) is 2. The Kier molecular flexibility index (Phi) is 8.83. The van der Waals surface area contributed by atoms with Gasteiger partial charge in [0.15, 0.2) is 0 Å². The third-order valence-electron chi connectivity index (χ3n) is 6.72. The highest BCUT2D eigenvalue weighted by atomic mass is 32.1. The molecule has 16 heteroatoms. The molecule has 1 aliphatic rings. The number of amides is 2. The quantitative estimate of drug-likeness (QED) is 0.182. The molecule has 0 bridgehead atoms. The molecule has 2 atom stereocenters. The third kappa shape index (κ3) is 7.32. The highest BCUT2D eigenvalue weighted by Gasteiger charge is 2.29. The number of non-ortho nitro benzene ring substituents is 2. The van der Waals surface area contributed by atoms with Gasteiger partial charge in [-0.3, -0.25) is 29.8 Å². The minimum atomic E-state index is -0.502. The molecule has 4 aromatic rings. The monoisotopic (exact) mass is 608 g/mol. The largest absolute Gasteiger partial charge is 0.300 e. The summed E-state index contributed by atoms with van der Waals surface area (Å²) in [5.74, 6) is -0.429. The van der Waals surface area contributed by atoms with Gasteiger partial charge in [-0.05, 0) is 30.4 Å². The number of nitro groups is 2. The zero-order valence-electron chi connectivity index (χ0n) is 22.0. The second kappa shape index (κ2) is 12.9. The molecular formula is C26H24N8O6S2. The van der Waals surface area contributed by atoms with Crippen LogP contribution >= 0.6 is 22.7 Å². The summed E-state index contributed by atoms with van der Waals surface area (Å²) in [6, 6.07) is 11.9. The first-order valence-electron chi connectivity index (χ1n) is 13.0. The number of benzene rings is 2. The Bertz CT molecular complexity index is 1520. The molecule has 0 spiro atoms. The maximum absolute atomic E-state index is 12.5. The van der Waals surface area contributed by atoms with Crippen molar-refractivity contribution in [2.24, 2.45) is 0 Å². The van der Waals surface area contributed by atoms with Crippen molar-refractivity contribution >= 4 is 56.1 Å². The second-order valence-electron chi connectivity index (χ2n) is 9.76. The Labute approximate surface area is 246 Å². The third-order valence-corrected chi connectivity index (χ3v) is 8.72. The van der Waals surface area contributed by atoms with E-state index in [9.17, 15) is 29.8 Å². The molecule has 0 aliphatic heterocycles. The van der Waals surface area contributed by atoms with E-state index in [1.807, 2.05) is 0 Å². The van der Waals surface area contributed by atoms with Crippen molar-refractivity contribution < 1.29 is 19.4 Å². The Hall–Kier alpha value is -4.70. The van der Waals surface area contributed by atoms with E-state index < -0.39 is 9.85 Å². The van der Waals surface area contributed by atoms with Crippen LogP contribution in [-0.2, 0) is 22.4 Å². The highest BCUT2D eigenvalue weighted by molar-refractivity contribution is 7.15. The number of nitrogens with one attached hydrogen (secondary N) is 2. The smallest absolute Gasteiger partial charge is 0.269 e. The molecule has 2 N–H and O–H groups in total. The molecule has 1 saturated carbocycles. The van der Waals surface area contributed by atoms with Gasteiger partial charge in [-0.1, -0.05) is 53.4 Å². The molecule has 0 radical (unpaired) electrons. The van der Waals surface area contributed by atoms with Crippen LogP contribution in [-0.4, -0.2) is 42.1 Å². The van der Waals surface area contributed by atoms with E-state index in [2.05, 4.69) is 31.0 Å². The molecule has 2 aromatic carbocycles. The molecule has 2 aromatic heterocycles. The lowest BCUT2D eigenvalue weighted by Crippen LogP contribution is -2.14. The van der Waals surface area contributed by atoms with E-state index in [1.165, 1.54) is 46.9 Å². The number of hydrogen-bond acceptors (Lipinski definition) is 12. The summed E-state index contributed by atoms with van der Waals surface area (Å²) in [5.41, 5.74) is 0.906. The fraction of sp³-hybridized carbons (Fsp3) is 0.308. The van der Waals surface area contributed by atoms with Crippen molar-refractivity contribution in [1.82, 2.24) is 20.4 Å². The van der Waals surface area contributed by atoms with Crippen LogP contribution in [0.5, 0.6) is 0 Å². The van der Waals surface area contributed by atoms with Gasteiger partial charge in [0, 0.05) is 36.1 Å². The van der Waals surface area contributed by atoms with E-state index in [0.29, 0.717) is 21.4 Å². The standard InChI is InChI=1S/C26H24N8O6S2/c35-21(12-15-4-1-8-19(10-15)33(37)38)27-25-31-29-23(41-25)17-6-3-7-18(14-17)24-30-32-26(42-24)28-22(36)13-16-5-2-9-20(11-16)34(39)40/h1-2,4-5,8-11,17-18H,3,6-7,12-14H2,(H,27,31,35)(H,28,32,36)/t17-,18-/m1/s1. The average molecular weight is 609 g/mol. The Morgan fingerprint density at radius 1 is 0.762 bits per heavy atom. The van der Waals surface area contributed by atoms with Crippen LogP contribution in [0.1, 0.15) is 58.7 Å². The van der Waals surface area contributed by atoms with Gasteiger partial charge in [-0.25, -0.2) is 0 Å². The lowest BCUT2D eigenvalue weighted by atomic mass is 9.82. The van der Waals surface area contributed by atoms with Crippen molar-refractivity contribution in [3.8, 4) is 0 Å². The van der Waals surface area contributed by atoms with Gasteiger partial charge in [-0.2, -0.15) is 0 Å². The minimum Gasteiger partial charge on any atom is -0.300 e. The number of aromatic nitrogens is 4. The van der Waals surface area contributed by atoms with Gasteiger partial charge in [0.1, 0.15) is 10.0 Å². The SMILES string of the molecule is O=C(Cc1cccc([N+](=O)[O-])c1)Nc1nnc([C@@H]2CCC[C@@H](c3nnc(NC(=O)Cc4cccc([N+](=O)[O-])c4)s3)C2)s1. The van der Waals surface area contributed by atoms with Gasteiger partial charge >= 0.3 is 0 Å². The Balaban J connectivity index is 1.15. The maximum atomic E-state index is 12.5. The molecular weight excluding hydrogens is 584 g/mol. The lowest BCUT2D eigenvalue weighted by molar-refractivity contribution is -0.385. The zero-order valence-corrected chi connectivity index (χ0v) is 23.6. The summed E-state index contributed by atoms with van der Waals surface area (Å²) in [6.07, 6.45) is 3.49. The normalized spacial score (nSPS) is 16.5. The van der Waals surface area contributed by atoms with E-state index in [0.717, 1.165) is 35.7 Å². The molecule has 42 heavy (non-hydrogen) atoms. The predicted molar refractivity (Wildman–Crippen MR) is 155 cm³/mol. The van der Waals surface area contributed by atoms with Crippen LogP contribution in [0.25, 0.3) is 0 Å².